The number of pyridine rings is 2. The number of fused-ring (bicyclic) bond motifs is 2. The molecule has 358 valence electrons. The van der Waals surface area contributed by atoms with Crippen molar-refractivity contribution in [1.29, 1.82) is 0 Å². The number of nitro benzene ring substituents is 2. The van der Waals surface area contributed by atoms with Gasteiger partial charge < -0.3 is 42.4 Å². The number of nitrogens with zero attached hydrogens (tertiary/aromatic N) is 4. The maximum atomic E-state index is 15.3. The quantitative estimate of drug-likeness (QED) is 0.0395. The van der Waals surface area contributed by atoms with Crippen molar-refractivity contribution in [2.75, 3.05) is 41.7 Å². The Morgan fingerprint density at radius 2 is 0.871 bits per heavy atom. The van der Waals surface area contributed by atoms with E-state index in [0.29, 0.717) is 91.1 Å². The van der Waals surface area contributed by atoms with Crippen molar-refractivity contribution < 1.29 is 61.1 Å². The number of halogens is 2. The Bertz CT molecular complexity index is 2990. The molecule has 0 aliphatic heterocycles. The second kappa shape index (κ2) is 21.2. The van der Waals surface area contributed by atoms with Gasteiger partial charge in [-0.05, 0) is 84.0 Å². The fourth-order valence-corrected chi connectivity index (χ4v) is 9.11. The zero-order valence-electron chi connectivity index (χ0n) is 37.5. The van der Waals surface area contributed by atoms with E-state index in [1.807, 2.05) is 0 Å². The molecule has 2 heterocycles. The van der Waals surface area contributed by atoms with Crippen LogP contribution >= 0.6 is 0 Å². The van der Waals surface area contributed by atoms with Crippen molar-refractivity contribution in [3.8, 4) is 57.5 Å². The summed E-state index contributed by atoms with van der Waals surface area (Å²) in [6, 6.07) is 28.9. The van der Waals surface area contributed by atoms with Gasteiger partial charge in [-0.15, -0.1) is 0 Å². The summed E-state index contributed by atoms with van der Waals surface area (Å²) in [6.07, 6.45) is 3.14. The summed E-state index contributed by atoms with van der Waals surface area (Å²) in [5.41, 5.74) is 0.643. The van der Waals surface area contributed by atoms with E-state index in [9.17, 15) is 29.0 Å². The van der Waals surface area contributed by atoms with Crippen LogP contribution in [0.3, 0.4) is 0 Å². The molecule has 0 fully saturated rings. The fraction of sp³-hybridized carbons (Fsp3) is 0.160. The molecule has 17 nitrogen and oxygen atoms in total. The Kier molecular flexibility index (Phi) is 14.5. The summed E-state index contributed by atoms with van der Waals surface area (Å²) in [5.74, 6) is 1.13. The van der Waals surface area contributed by atoms with Crippen LogP contribution in [0.4, 0.5) is 20.2 Å². The summed E-state index contributed by atoms with van der Waals surface area (Å²) in [7, 11) is 6.04. The van der Waals surface area contributed by atoms with E-state index < -0.39 is 67.7 Å². The van der Waals surface area contributed by atoms with Gasteiger partial charge in [0.1, 0.15) is 47.8 Å². The number of aromatic nitrogens is 2. The van der Waals surface area contributed by atoms with Crippen molar-refractivity contribution in [3.05, 3.63) is 177 Å². The zero-order valence-corrected chi connectivity index (χ0v) is 38.3. The molecular formula is C50H40F2N4O13S. The summed E-state index contributed by atoms with van der Waals surface area (Å²) < 4.78 is 90.2. The zero-order chi connectivity index (χ0) is 49.5. The highest BCUT2D eigenvalue weighted by atomic mass is 32.2. The lowest BCUT2D eigenvalue weighted by Gasteiger charge is -2.29. The molecule has 8 aromatic rings. The van der Waals surface area contributed by atoms with E-state index >= 15 is 4.55 Å². The highest BCUT2D eigenvalue weighted by Crippen LogP contribution is 2.42. The SMILES string of the molecule is COc1cc2nccc(Oc3ccc(C(COc4ccc(F)cc4[N+](=O)[O-])[S+]([O-])C(COc4ccc(F)cc4[N+](=O)[O-])c4ccc(Oc5ccnc6cc(OC)c(OC)cc56)cc4)cc3)c2cc1OC. The van der Waals surface area contributed by atoms with Crippen LogP contribution in [0.5, 0.6) is 57.5 Å². The highest BCUT2D eigenvalue weighted by molar-refractivity contribution is 7.92. The van der Waals surface area contributed by atoms with Gasteiger partial charge in [0.15, 0.2) is 45.0 Å². The topological polar surface area (TPSA) is 209 Å². The molecule has 0 bridgehead atoms. The van der Waals surface area contributed by atoms with Crippen LogP contribution in [0.2, 0.25) is 0 Å². The van der Waals surface area contributed by atoms with Gasteiger partial charge in [-0.3, -0.25) is 30.2 Å². The summed E-state index contributed by atoms with van der Waals surface area (Å²) >= 11 is -2.12. The largest absolute Gasteiger partial charge is 0.615 e. The molecule has 70 heavy (non-hydrogen) atoms. The number of hydrogen-bond acceptors (Lipinski definition) is 15. The Morgan fingerprint density at radius 1 is 0.500 bits per heavy atom. The first-order valence-electron chi connectivity index (χ1n) is 21.0. The predicted octanol–water partition coefficient (Wildman–Crippen LogP) is 11.2. The Labute approximate surface area is 400 Å². The van der Waals surface area contributed by atoms with Gasteiger partial charge in [0.05, 0.1) is 61.5 Å². The highest BCUT2D eigenvalue weighted by Gasteiger charge is 2.37. The molecule has 0 N–H and O–H groups in total. The van der Waals surface area contributed by atoms with E-state index in [0.717, 1.165) is 24.3 Å². The van der Waals surface area contributed by atoms with Crippen molar-refractivity contribution in [3.63, 3.8) is 0 Å². The molecule has 2 atom stereocenters. The Morgan fingerprint density at radius 3 is 1.23 bits per heavy atom. The minimum absolute atomic E-state index is 0.291. The number of hydrogen-bond donors (Lipinski definition) is 0. The fourth-order valence-electron chi connectivity index (χ4n) is 7.46. The van der Waals surface area contributed by atoms with E-state index in [1.54, 1.807) is 97.3 Å². The van der Waals surface area contributed by atoms with Gasteiger partial charge in [-0.2, -0.15) is 0 Å². The van der Waals surface area contributed by atoms with Gasteiger partial charge in [0, 0.05) is 46.4 Å². The van der Waals surface area contributed by atoms with Gasteiger partial charge in [-0.1, -0.05) is 24.3 Å². The molecule has 2 unspecified atom stereocenters. The molecule has 6 aromatic carbocycles. The molecule has 2 aromatic heterocycles. The minimum Gasteiger partial charge on any atom is -0.615 e. The third kappa shape index (κ3) is 10.5. The van der Waals surface area contributed by atoms with Crippen LogP contribution in [0.1, 0.15) is 21.6 Å². The van der Waals surface area contributed by atoms with Crippen LogP contribution in [0, 0.1) is 31.9 Å². The minimum atomic E-state index is -2.12. The normalized spacial score (nSPS) is 12.4. The van der Waals surface area contributed by atoms with Gasteiger partial charge >= 0.3 is 11.4 Å². The predicted molar refractivity (Wildman–Crippen MR) is 253 cm³/mol. The van der Waals surface area contributed by atoms with E-state index in [2.05, 4.69) is 9.97 Å². The van der Waals surface area contributed by atoms with Crippen LogP contribution in [0.15, 0.2) is 134 Å². The molecule has 20 heteroatoms. The molecule has 0 radical (unpaired) electrons. The summed E-state index contributed by atoms with van der Waals surface area (Å²) in [6.45, 7) is -0.901. The molecule has 0 aliphatic rings. The molecule has 0 amide bonds. The van der Waals surface area contributed by atoms with Crippen LogP contribution < -0.4 is 37.9 Å². The lowest BCUT2D eigenvalue weighted by atomic mass is 10.1. The van der Waals surface area contributed by atoms with E-state index in [1.165, 1.54) is 28.4 Å². The van der Waals surface area contributed by atoms with Gasteiger partial charge in [0.2, 0.25) is 0 Å². The standard InChI is InChI=1S/C50H40F2N4O13S/c1-62-45-23-35-37(25-47(45)64-3)53-19-17-41(35)68-33-11-5-29(6-12-33)49(27-66-43-15-9-31(51)21-39(43)55(57)58)70(61)50(28-67-44-16-10-32(52)22-40(44)56(59)60)30-7-13-34(14-8-30)69-42-18-20-54-38-26-48(65-4)46(63-2)24-36(38)42/h5-26,49-50H,27-28H2,1-4H3. The van der Waals surface area contributed by atoms with Crippen LogP contribution in [0.25, 0.3) is 21.8 Å². The van der Waals surface area contributed by atoms with Crippen molar-refractivity contribution >= 4 is 44.4 Å². The molecule has 8 rings (SSSR count). The van der Waals surface area contributed by atoms with Gasteiger partial charge in [0.25, 0.3) is 0 Å². The average Bonchev–Trinajstić information content (AvgIpc) is 3.37. The smallest absolute Gasteiger partial charge is 0.313 e. The number of benzene rings is 6. The number of rotatable bonds is 20. The van der Waals surface area contributed by atoms with E-state index in [4.69, 9.17) is 37.9 Å². The summed E-state index contributed by atoms with van der Waals surface area (Å²) in [5, 5.41) is 23.0. The second-order valence-electron chi connectivity index (χ2n) is 15.1. The first-order chi connectivity index (χ1) is 33.9. The molecule has 0 spiro atoms. The number of nitro groups is 2. The molecule has 0 saturated carbocycles. The average molecular weight is 975 g/mol. The van der Waals surface area contributed by atoms with Crippen molar-refractivity contribution in [2.24, 2.45) is 0 Å². The van der Waals surface area contributed by atoms with E-state index in [-0.39, 0.29) is 11.5 Å². The van der Waals surface area contributed by atoms with Crippen LogP contribution in [-0.4, -0.2) is 66.0 Å². The second-order valence-corrected chi connectivity index (χ2v) is 16.9. The maximum Gasteiger partial charge on any atom is 0.313 e. The maximum absolute atomic E-state index is 15.3. The summed E-state index contributed by atoms with van der Waals surface area (Å²) in [4.78, 5) is 31.2. The van der Waals surface area contributed by atoms with Crippen molar-refractivity contribution in [2.45, 2.75) is 10.5 Å². The van der Waals surface area contributed by atoms with Gasteiger partial charge in [-0.25, -0.2) is 8.78 Å². The monoisotopic (exact) mass is 974 g/mol. The van der Waals surface area contributed by atoms with Crippen molar-refractivity contribution in [1.82, 2.24) is 9.97 Å². The molecule has 0 saturated heterocycles. The molecular weight excluding hydrogens is 935 g/mol. The first kappa shape index (κ1) is 48.0. The lowest BCUT2D eigenvalue weighted by Crippen LogP contribution is -2.29. The third-order valence-electron chi connectivity index (χ3n) is 10.9. The first-order valence-corrected chi connectivity index (χ1v) is 22.3. The lowest BCUT2D eigenvalue weighted by molar-refractivity contribution is -0.386. The molecule has 0 aliphatic carbocycles. The Hall–Kier alpha value is -8.49. The number of methoxy groups -OCH3 is 4. The van der Waals surface area contributed by atoms with Crippen LogP contribution in [-0.2, 0) is 11.2 Å². The third-order valence-corrected chi connectivity index (χ3v) is 12.9. The Balaban J connectivity index is 1.16. The number of ether oxygens (including phenoxy) is 8.